The molecule has 0 radical (unpaired) electrons. The zero-order chi connectivity index (χ0) is 22.6. The minimum Gasteiger partial charge on any atom is -0.489 e. The molecule has 0 aromatic heterocycles. The molecule has 3 aromatic carbocycles. The van der Waals surface area contributed by atoms with Crippen molar-refractivity contribution in [3.63, 3.8) is 0 Å². The number of ether oxygens (including phenoxy) is 3. The molecular weight excluding hydrogens is 404 g/mol. The summed E-state index contributed by atoms with van der Waals surface area (Å²) in [5, 5.41) is 4.02. The molecule has 1 aliphatic heterocycles. The molecule has 0 spiro atoms. The Kier molecular flexibility index (Phi) is 6.12. The number of nitrogens with zero attached hydrogens (tertiary/aromatic N) is 1. The van der Waals surface area contributed by atoms with Gasteiger partial charge in [0, 0.05) is 5.56 Å². The van der Waals surface area contributed by atoms with Crippen molar-refractivity contribution >= 4 is 12.1 Å². The highest BCUT2D eigenvalue weighted by molar-refractivity contribution is 5.95. The SMILES string of the molecule is CC(C)(C)c1ccc(OCc2ccc(C(=O)NN=Cc3ccc4c(c3)OCO4)cc2)cc1. The molecule has 4 rings (SSSR count). The first-order valence-corrected chi connectivity index (χ1v) is 10.4. The molecule has 0 fully saturated rings. The molecule has 6 nitrogen and oxygen atoms in total. The minimum absolute atomic E-state index is 0.115. The molecule has 6 heteroatoms. The van der Waals surface area contributed by atoms with E-state index in [2.05, 4.69) is 43.4 Å². The molecule has 32 heavy (non-hydrogen) atoms. The number of hydrogen-bond acceptors (Lipinski definition) is 5. The fourth-order valence-electron chi connectivity index (χ4n) is 3.19. The van der Waals surface area contributed by atoms with Crippen LogP contribution in [-0.4, -0.2) is 18.9 Å². The van der Waals surface area contributed by atoms with E-state index in [0.717, 1.165) is 16.9 Å². The van der Waals surface area contributed by atoms with Crippen LogP contribution in [-0.2, 0) is 12.0 Å². The third kappa shape index (κ3) is 5.27. The zero-order valence-electron chi connectivity index (χ0n) is 18.4. The van der Waals surface area contributed by atoms with E-state index in [0.29, 0.717) is 23.7 Å². The van der Waals surface area contributed by atoms with Gasteiger partial charge in [-0.25, -0.2) is 5.43 Å². The normalized spacial score (nSPS) is 12.7. The van der Waals surface area contributed by atoms with Crippen LogP contribution in [0.5, 0.6) is 17.2 Å². The Morgan fingerprint density at radius 3 is 2.44 bits per heavy atom. The summed E-state index contributed by atoms with van der Waals surface area (Å²) in [7, 11) is 0. The largest absolute Gasteiger partial charge is 0.489 e. The lowest BCUT2D eigenvalue weighted by Gasteiger charge is -2.19. The third-order valence-corrected chi connectivity index (χ3v) is 5.12. The number of fused-ring (bicyclic) bond motifs is 1. The molecule has 164 valence electrons. The maximum absolute atomic E-state index is 12.3. The molecule has 0 aliphatic carbocycles. The standard InChI is InChI=1S/C26H26N2O4/c1-26(2,3)21-9-11-22(12-10-21)30-16-18-4-7-20(8-5-18)25(29)28-27-15-19-6-13-23-24(14-19)32-17-31-23/h4-15H,16-17H2,1-3H3,(H,28,29). The van der Waals surface area contributed by atoms with Gasteiger partial charge >= 0.3 is 0 Å². The topological polar surface area (TPSA) is 69.2 Å². The van der Waals surface area contributed by atoms with Gasteiger partial charge < -0.3 is 14.2 Å². The van der Waals surface area contributed by atoms with Crippen LogP contribution in [0, 0.1) is 0 Å². The molecule has 0 bridgehead atoms. The Morgan fingerprint density at radius 2 is 1.72 bits per heavy atom. The molecule has 1 N–H and O–H groups in total. The molecule has 0 saturated heterocycles. The maximum atomic E-state index is 12.3. The van der Waals surface area contributed by atoms with Gasteiger partial charge in [-0.1, -0.05) is 45.0 Å². The lowest BCUT2D eigenvalue weighted by atomic mass is 9.87. The van der Waals surface area contributed by atoms with Gasteiger partial charge in [0.25, 0.3) is 5.91 Å². The summed E-state index contributed by atoms with van der Waals surface area (Å²) in [4.78, 5) is 12.3. The van der Waals surface area contributed by atoms with Crippen molar-refractivity contribution in [1.29, 1.82) is 0 Å². The van der Waals surface area contributed by atoms with Crippen molar-refractivity contribution in [2.45, 2.75) is 32.8 Å². The maximum Gasteiger partial charge on any atom is 0.271 e. The molecule has 1 heterocycles. The summed E-state index contributed by atoms with van der Waals surface area (Å²) in [6, 6.07) is 20.9. The first-order chi connectivity index (χ1) is 15.4. The van der Waals surface area contributed by atoms with Crippen LogP contribution in [0.4, 0.5) is 0 Å². The second kappa shape index (κ2) is 9.14. The molecule has 1 amide bonds. The van der Waals surface area contributed by atoms with E-state index in [4.69, 9.17) is 14.2 Å². The van der Waals surface area contributed by atoms with Crippen LogP contribution in [0.25, 0.3) is 0 Å². The number of carbonyl (C=O) groups excluding carboxylic acids is 1. The van der Waals surface area contributed by atoms with Gasteiger partial charge in [-0.15, -0.1) is 0 Å². The van der Waals surface area contributed by atoms with E-state index < -0.39 is 0 Å². The highest BCUT2D eigenvalue weighted by Gasteiger charge is 2.14. The lowest BCUT2D eigenvalue weighted by molar-refractivity contribution is 0.0955. The summed E-state index contributed by atoms with van der Waals surface area (Å²) in [6.07, 6.45) is 1.56. The smallest absolute Gasteiger partial charge is 0.271 e. The van der Waals surface area contributed by atoms with E-state index in [1.54, 1.807) is 18.3 Å². The number of hydrazone groups is 1. The van der Waals surface area contributed by atoms with Crippen molar-refractivity contribution in [3.8, 4) is 17.2 Å². The van der Waals surface area contributed by atoms with Crippen molar-refractivity contribution in [1.82, 2.24) is 5.43 Å². The number of benzene rings is 3. The van der Waals surface area contributed by atoms with Gasteiger partial charge in [-0.3, -0.25) is 4.79 Å². The summed E-state index contributed by atoms with van der Waals surface area (Å²) in [5.74, 6) is 1.91. The van der Waals surface area contributed by atoms with Gasteiger partial charge in [0.2, 0.25) is 6.79 Å². The van der Waals surface area contributed by atoms with Gasteiger partial charge in [0.15, 0.2) is 11.5 Å². The molecule has 0 saturated carbocycles. The van der Waals surface area contributed by atoms with Crippen LogP contribution in [0.1, 0.15) is 47.8 Å². The first-order valence-electron chi connectivity index (χ1n) is 10.4. The van der Waals surface area contributed by atoms with E-state index in [1.807, 2.05) is 42.5 Å². The van der Waals surface area contributed by atoms with Crippen molar-refractivity contribution in [3.05, 3.63) is 89.0 Å². The van der Waals surface area contributed by atoms with Crippen molar-refractivity contribution in [2.24, 2.45) is 5.10 Å². The molecule has 0 atom stereocenters. The predicted molar refractivity (Wildman–Crippen MR) is 124 cm³/mol. The monoisotopic (exact) mass is 430 g/mol. The molecule has 1 aliphatic rings. The summed E-state index contributed by atoms with van der Waals surface area (Å²) < 4.78 is 16.5. The number of nitrogens with one attached hydrogen (secondary N) is 1. The number of amides is 1. The second-order valence-corrected chi connectivity index (χ2v) is 8.57. The Hall–Kier alpha value is -3.80. The fourth-order valence-corrected chi connectivity index (χ4v) is 3.19. The lowest BCUT2D eigenvalue weighted by Crippen LogP contribution is -2.17. The molecular formula is C26H26N2O4. The van der Waals surface area contributed by atoms with Gasteiger partial charge in [-0.05, 0) is 64.6 Å². The van der Waals surface area contributed by atoms with Crippen LogP contribution in [0.2, 0.25) is 0 Å². The average molecular weight is 431 g/mol. The summed E-state index contributed by atoms with van der Waals surface area (Å²) in [6.45, 7) is 7.20. The average Bonchev–Trinajstić information content (AvgIpc) is 3.25. The first kappa shape index (κ1) is 21.4. The van der Waals surface area contributed by atoms with Crippen LogP contribution in [0.3, 0.4) is 0 Å². The number of carbonyl (C=O) groups is 1. The van der Waals surface area contributed by atoms with Crippen LogP contribution < -0.4 is 19.6 Å². The molecule has 0 unspecified atom stereocenters. The number of hydrogen-bond donors (Lipinski definition) is 1. The van der Waals surface area contributed by atoms with Crippen molar-refractivity contribution in [2.75, 3.05) is 6.79 Å². The Labute approximate surface area is 187 Å². The summed E-state index contributed by atoms with van der Waals surface area (Å²) in [5.41, 5.74) is 6.22. The van der Waals surface area contributed by atoms with Crippen LogP contribution >= 0.6 is 0 Å². The fraction of sp³-hybridized carbons (Fsp3) is 0.231. The van der Waals surface area contributed by atoms with E-state index in [1.165, 1.54) is 5.56 Å². The van der Waals surface area contributed by atoms with Crippen molar-refractivity contribution < 1.29 is 19.0 Å². The predicted octanol–water partition coefficient (Wildman–Crippen LogP) is 5.06. The van der Waals surface area contributed by atoms with Gasteiger partial charge in [0.1, 0.15) is 12.4 Å². The highest BCUT2D eigenvalue weighted by Crippen LogP contribution is 2.32. The van der Waals surface area contributed by atoms with Gasteiger partial charge in [-0.2, -0.15) is 5.10 Å². The Bertz CT molecular complexity index is 1110. The number of rotatable bonds is 6. The van der Waals surface area contributed by atoms with Gasteiger partial charge in [0.05, 0.1) is 6.21 Å². The minimum atomic E-state index is -0.285. The molecule has 3 aromatic rings. The summed E-state index contributed by atoms with van der Waals surface area (Å²) >= 11 is 0. The second-order valence-electron chi connectivity index (χ2n) is 8.57. The quantitative estimate of drug-likeness (QED) is 0.439. The van der Waals surface area contributed by atoms with Crippen LogP contribution in [0.15, 0.2) is 71.8 Å². The van der Waals surface area contributed by atoms with E-state index in [-0.39, 0.29) is 18.1 Å². The van der Waals surface area contributed by atoms with E-state index in [9.17, 15) is 4.79 Å². The Morgan fingerprint density at radius 1 is 1.00 bits per heavy atom. The third-order valence-electron chi connectivity index (χ3n) is 5.12. The zero-order valence-corrected chi connectivity index (χ0v) is 18.4. The Balaban J connectivity index is 1.28. The highest BCUT2D eigenvalue weighted by atomic mass is 16.7. The van der Waals surface area contributed by atoms with E-state index >= 15 is 0 Å².